The Hall–Kier alpha value is -0.150. The number of halogens is 1. The first-order valence-electron chi connectivity index (χ1n) is 4.48. The summed E-state index contributed by atoms with van der Waals surface area (Å²) in [5, 5.41) is 2.59. The smallest absolute Gasteiger partial charge is 0.150 e. The zero-order valence-electron chi connectivity index (χ0n) is 7.25. The fourth-order valence-corrected chi connectivity index (χ4v) is 3.29. The quantitative estimate of drug-likeness (QED) is 0.746. The summed E-state index contributed by atoms with van der Waals surface area (Å²) in [6.45, 7) is 0. The molecule has 13 heavy (non-hydrogen) atoms. The summed E-state index contributed by atoms with van der Waals surface area (Å²) < 4.78 is 0. The summed E-state index contributed by atoms with van der Waals surface area (Å²) in [5.74, 6) is 0.508. The highest BCUT2D eigenvalue weighted by Crippen LogP contribution is 2.35. The first kappa shape index (κ1) is 9.41. The number of Topliss-reactive ketones (excluding diaryl/α,β-unsaturated/α-hetero) is 1. The second kappa shape index (κ2) is 3.93. The van der Waals surface area contributed by atoms with Gasteiger partial charge in [0.1, 0.15) is 0 Å². The van der Waals surface area contributed by atoms with Gasteiger partial charge in [-0.1, -0.05) is 15.9 Å². The van der Waals surface area contributed by atoms with Gasteiger partial charge in [0.2, 0.25) is 0 Å². The van der Waals surface area contributed by atoms with Crippen LogP contribution < -0.4 is 0 Å². The van der Waals surface area contributed by atoms with Crippen molar-refractivity contribution in [2.75, 3.05) is 5.33 Å². The van der Waals surface area contributed by atoms with Gasteiger partial charge in [-0.3, -0.25) is 4.79 Å². The van der Waals surface area contributed by atoms with Crippen LogP contribution in [0.4, 0.5) is 0 Å². The summed E-state index contributed by atoms with van der Waals surface area (Å²) >= 11 is 5.03. The molecule has 3 heteroatoms. The van der Waals surface area contributed by atoms with Crippen LogP contribution in [0.25, 0.3) is 0 Å². The van der Waals surface area contributed by atoms with Crippen molar-refractivity contribution in [1.29, 1.82) is 0 Å². The second-order valence-electron chi connectivity index (χ2n) is 3.34. The van der Waals surface area contributed by atoms with Gasteiger partial charge >= 0.3 is 0 Å². The van der Waals surface area contributed by atoms with Crippen LogP contribution in [0.5, 0.6) is 0 Å². The number of fused-ring (bicyclic) bond motifs is 1. The monoisotopic (exact) mass is 258 g/mol. The molecule has 0 spiro atoms. The zero-order valence-corrected chi connectivity index (χ0v) is 9.66. The van der Waals surface area contributed by atoms with E-state index in [4.69, 9.17) is 0 Å². The van der Waals surface area contributed by atoms with Crippen molar-refractivity contribution >= 4 is 33.0 Å². The molecule has 1 aromatic rings. The molecule has 0 bridgehead atoms. The maximum Gasteiger partial charge on any atom is 0.150 e. The number of thiophene rings is 1. The van der Waals surface area contributed by atoms with Crippen LogP contribution in [0.2, 0.25) is 0 Å². The highest BCUT2D eigenvalue weighted by atomic mass is 79.9. The van der Waals surface area contributed by atoms with Crippen LogP contribution >= 0.6 is 27.3 Å². The maximum atomic E-state index is 11.6. The van der Waals surface area contributed by atoms with Crippen LogP contribution in [-0.4, -0.2) is 11.1 Å². The molecule has 0 fully saturated rings. The largest absolute Gasteiger partial charge is 0.298 e. The summed E-state index contributed by atoms with van der Waals surface area (Å²) in [6.07, 6.45) is 3.37. The lowest BCUT2D eigenvalue weighted by Gasteiger charge is -2.20. The summed E-state index contributed by atoms with van der Waals surface area (Å²) in [7, 11) is 0. The fraction of sp³-hybridized carbons (Fsp3) is 0.500. The topological polar surface area (TPSA) is 17.1 Å². The predicted octanol–water partition coefficient (Wildman–Crippen LogP) is 3.13. The van der Waals surface area contributed by atoms with Crippen molar-refractivity contribution in [2.45, 2.75) is 25.2 Å². The van der Waals surface area contributed by atoms with Crippen molar-refractivity contribution < 1.29 is 4.79 Å². The highest BCUT2D eigenvalue weighted by Gasteiger charge is 2.25. The van der Waals surface area contributed by atoms with Gasteiger partial charge in [0.15, 0.2) is 5.78 Å². The Kier molecular flexibility index (Phi) is 2.84. The molecular formula is C10H11BrOS. The van der Waals surface area contributed by atoms with Crippen LogP contribution in [0.3, 0.4) is 0 Å². The molecule has 2 rings (SSSR count). The molecule has 1 aromatic heterocycles. The molecule has 0 aliphatic heterocycles. The molecule has 70 valence electrons. The first-order chi connectivity index (χ1) is 6.33. The standard InChI is InChI=1S/C10H11BrOS/c11-6-9(12)7-2-1-3-10-8(7)4-5-13-10/h4-5,7H,1-3,6H2. The van der Waals surface area contributed by atoms with Crippen LogP contribution in [0.1, 0.15) is 29.2 Å². The average molecular weight is 259 g/mol. The van der Waals surface area contributed by atoms with Gasteiger partial charge in [0.05, 0.1) is 5.33 Å². The van der Waals surface area contributed by atoms with E-state index in [0.717, 1.165) is 12.8 Å². The normalized spacial score (nSPS) is 21.2. The van der Waals surface area contributed by atoms with Crippen molar-refractivity contribution in [2.24, 2.45) is 0 Å². The Morgan fingerprint density at radius 2 is 2.54 bits per heavy atom. The van der Waals surface area contributed by atoms with Crippen molar-refractivity contribution in [3.63, 3.8) is 0 Å². The van der Waals surface area contributed by atoms with Crippen LogP contribution in [0.15, 0.2) is 11.4 Å². The minimum Gasteiger partial charge on any atom is -0.298 e. The zero-order chi connectivity index (χ0) is 9.26. The highest BCUT2D eigenvalue weighted by molar-refractivity contribution is 9.09. The summed E-state index contributed by atoms with van der Waals surface area (Å²) in [6, 6.07) is 2.12. The molecular weight excluding hydrogens is 248 g/mol. The van der Waals surface area contributed by atoms with Gasteiger partial charge in [-0.25, -0.2) is 0 Å². The second-order valence-corrected chi connectivity index (χ2v) is 4.91. The number of rotatable bonds is 2. The van der Waals surface area contributed by atoms with E-state index in [-0.39, 0.29) is 5.92 Å². The molecule has 0 saturated heterocycles. The van der Waals surface area contributed by atoms with E-state index in [9.17, 15) is 4.79 Å². The molecule has 1 atom stereocenters. The minimum absolute atomic E-state index is 0.175. The molecule has 0 saturated carbocycles. The Labute approximate surface area is 90.3 Å². The lowest BCUT2D eigenvalue weighted by Crippen LogP contribution is -2.17. The number of hydrogen-bond acceptors (Lipinski definition) is 2. The molecule has 1 aliphatic carbocycles. The average Bonchev–Trinajstić information content (AvgIpc) is 2.63. The van der Waals surface area contributed by atoms with Crippen molar-refractivity contribution in [3.8, 4) is 0 Å². The predicted molar refractivity (Wildman–Crippen MR) is 58.8 cm³/mol. The number of hydrogen-bond donors (Lipinski definition) is 0. The Morgan fingerprint density at radius 3 is 3.31 bits per heavy atom. The molecule has 0 N–H and O–H groups in total. The Morgan fingerprint density at radius 1 is 1.69 bits per heavy atom. The number of alkyl halides is 1. The van der Waals surface area contributed by atoms with Crippen molar-refractivity contribution in [3.05, 3.63) is 21.9 Å². The number of aryl methyl sites for hydroxylation is 1. The Balaban J connectivity index is 2.30. The molecule has 1 aliphatic rings. The number of carbonyl (C=O) groups is 1. The maximum absolute atomic E-state index is 11.6. The van der Waals surface area contributed by atoms with E-state index in [0.29, 0.717) is 11.1 Å². The van der Waals surface area contributed by atoms with E-state index >= 15 is 0 Å². The molecule has 0 amide bonds. The molecule has 1 nitrogen and oxygen atoms in total. The number of carbonyl (C=O) groups excluding carboxylic acids is 1. The van der Waals surface area contributed by atoms with E-state index in [1.54, 1.807) is 11.3 Å². The Bertz CT molecular complexity index is 318. The third-order valence-electron chi connectivity index (χ3n) is 2.57. The third kappa shape index (κ3) is 1.72. The third-order valence-corrected chi connectivity index (χ3v) is 4.12. The van der Waals surface area contributed by atoms with Gasteiger partial charge in [0, 0.05) is 10.8 Å². The minimum atomic E-state index is 0.175. The van der Waals surface area contributed by atoms with E-state index < -0.39 is 0 Å². The van der Waals surface area contributed by atoms with Crippen LogP contribution in [-0.2, 0) is 11.2 Å². The molecule has 0 aromatic carbocycles. The fourth-order valence-electron chi connectivity index (χ4n) is 1.91. The van der Waals surface area contributed by atoms with Gasteiger partial charge < -0.3 is 0 Å². The van der Waals surface area contributed by atoms with Gasteiger partial charge in [0.25, 0.3) is 0 Å². The van der Waals surface area contributed by atoms with E-state index in [2.05, 4.69) is 27.4 Å². The van der Waals surface area contributed by atoms with Gasteiger partial charge in [-0.05, 0) is 36.3 Å². The first-order valence-corrected chi connectivity index (χ1v) is 6.48. The number of ketones is 1. The SMILES string of the molecule is O=C(CBr)C1CCCc2sccc21. The molecule has 1 unspecified atom stereocenters. The van der Waals surface area contributed by atoms with E-state index in [1.807, 2.05) is 0 Å². The van der Waals surface area contributed by atoms with Gasteiger partial charge in [-0.2, -0.15) is 0 Å². The van der Waals surface area contributed by atoms with Crippen molar-refractivity contribution in [1.82, 2.24) is 0 Å². The van der Waals surface area contributed by atoms with E-state index in [1.165, 1.54) is 16.9 Å². The van der Waals surface area contributed by atoms with Crippen LogP contribution in [0, 0.1) is 0 Å². The molecule has 0 radical (unpaired) electrons. The lowest BCUT2D eigenvalue weighted by atomic mass is 9.85. The van der Waals surface area contributed by atoms with Gasteiger partial charge in [-0.15, -0.1) is 11.3 Å². The molecule has 1 heterocycles. The lowest BCUT2D eigenvalue weighted by molar-refractivity contribution is -0.118. The summed E-state index contributed by atoms with van der Waals surface area (Å²) in [4.78, 5) is 13.0. The summed E-state index contributed by atoms with van der Waals surface area (Å²) in [5.41, 5.74) is 1.29.